The second-order valence-electron chi connectivity index (χ2n) is 6.89. The molecule has 0 radical (unpaired) electrons. The molecular weight excluding hydrogens is 397 g/mol. The van der Waals surface area contributed by atoms with Crippen LogP contribution in [0.15, 0.2) is 88.1 Å². The fourth-order valence-corrected chi connectivity index (χ4v) is 3.30. The Labute approximate surface area is 176 Å². The van der Waals surface area contributed by atoms with E-state index >= 15 is 0 Å². The van der Waals surface area contributed by atoms with Gasteiger partial charge in [0.25, 0.3) is 5.91 Å². The Morgan fingerprint density at radius 1 is 0.839 bits per heavy atom. The molecule has 0 unspecified atom stereocenters. The van der Waals surface area contributed by atoms with E-state index in [4.69, 9.17) is 13.8 Å². The molecule has 1 amide bonds. The Morgan fingerprint density at radius 2 is 1.55 bits per heavy atom. The summed E-state index contributed by atoms with van der Waals surface area (Å²) in [6.45, 7) is 0.218. The maximum atomic E-state index is 13.3. The monoisotopic (exact) mass is 413 g/mol. The van der Waals surface area contributed by atoms with Gasteiger partial charge in [-0.15, -0.1) is 0 Å². The molecule has 0 fully saturated rings. The van der Waals surface area contributed by atoms with Crippen LogP contribution in [0.3, 0.4) is 0 Å². The molecule has 0 atom stereocenters. The van der Waals surface area contributed by atoms with Crippen molar-refractivity contribution in [2.75, 3.05) is 0 Å². The summed E-state index contributed by atoms with van der Waals surface area (Å²) in [6.07, 6.45) is 3.13. The van der Waals surface area contributed by atoms with Crippen LogP contribution in [0.25, 0.3) is 33.9 Å². The van der Waals surface area contributed by atoms with E-state index in [0.717, 1.165) is 0 Å². The first kappa shape index (κ1) is 18.7. The minimum absolute atomic E-state index is 0.218. The van der Waals surface area contributed by atoms with Gasteiger partial charge in [0.15, 0.2) is 11.5 Å². The Morgan fingerprint density at radius 3 is 2.19 bits per heavy atom. The van der Waals surface area contributed by atoms with E-state index in [1.807, 2.05) is 0 Å². The number of aromatic nitrogens is 2. The summed E-state index contributed by atoms with van der Waals surface area (Å²) in [5, 5.41) is 2.80. The van der Waals surface area contributed by atoms with Crippen molar-refractivity contribution >= 4 is 16.9 Å². The maximum Gasteiger partial charge on any atom is 0.251 e. The fraction of sp³-hybridized carbons (Fsp3) is 0.0417. The number of nitrogens with one attached hydrogen (secondary N) is 1. The Balaban J connectivity index is 1.49. The van der Waals surface area contributed by atoms with Crippen LogP contribution in [0.4, 0.5) is 4.39 Å². The first-order valence-electron chi connectivity index (χ1n) is 9.59. The van der Waals surface area contributed by atoms with Gasteiger partial charge in [0.05, 0.1) is 23.6 Å². The lowest BCUT2D eigenvalue weighted by atomic mass is 10.1. The number of benzene rings is 2. The molecule has 0 aliphatic carbocycles. The standard InChI is InChI=1S/C24H16FN3O3/c25-17-5-1-4-15(12-17)14-26-24(29)16-8-9-18-19(13-16)28-23(21-7-3-11-31-21)22(27-18)20-6-2-10-30-20/h1-13H,14H2,(H,26,29). The highest BCUT2D eigenvalue weighted by Crippen LogP contribution is 2.31. The number of carbonyl (C=O) groups excluding carboxylic acids is 1. The van der Waals surface area contributed by atoms with E-state index < -0.39 is 0 Å². The van der Waals surface area contributed by atoms with E-state index in [-0.39, 0.29) is 18.3 Å². The van der Waals surface area contributed by atoms with E-state index in [1.54, 1.807) is 67.1 Å². The van der Waals surface area contributed by atoms with Crippen LogP contribution in [0.1, 0.15) is 15.9 Å². The first-order chi connectivity index (χ1) is 15.2. The molecule has 2 aromatic carbocycles. The summed E-state index contributed by atoms with van der Waals surface area (Å²) in [4.78, 5) is 22.0. The molecule has 0 saturated carbocycles. The fourth-order valence-electron chi connectivity index (χ4n) is 3.30. The largest absolute Gasteiger partial charge is 0.463 e. The third-order valence-corrected chi connectivity index (χ3v) is 4.78. The third kappa shape index (κ3) is 3.81. The lowest BCUT2D eigenvalue weighted by Crippen LogP contribution is -2.22. The van der Waals surface area contributed by atoms with E-state index in [1.165, 1.54) is 12.1 Å². The number of amides is 1. The van der Waals surface area contributed by atoms with Crippen molar-refractivity contribution in [1.82, 2.24) is 15.3 Å². The molecule has 7 heteroatoms. The molecule has 1 N–H and O–H groups in total. The third-order valence-electron chi connectivity index (χ3n) is 4.78. The summed E-state index contributed by atoms with van der Waals surface area (Å²) in [6, 6.07) is 18.3. The number of carbonyl (C=O) groups is 1. The number of halogens is 1. The molecule has 3 heterocycles. The molecular formula is C24H16FN3O3. The van der Waals surface area contributed by atoms with Crippen molar-refractivity contribution < 1.29 is 18.0 Å². The lowest BCUT2D eigenvalue weighted by Gasteiger charge is -2.09. The predicted molar refractivity (Wildman–Crippen MR) is 113 cm³/mol. The molecule has 6 nitrogen and oxygen atoms in total. The average molecular weight is 413 g/mol. The molecule has 0 aliphatic heterocycles. The second-order valence-corrected chi connectivity index (χ2v) is 6.89. The smallest absolute Gasteiger partial charge is 0.251 e. The van der Waals surface area contributed by atoms with Crippen LogP contribution >= 0.6 is 0 Å². The molecule has 0 spiro atoms. The van der Waals surface area contributed by atoms with Crippen molar-refractivity contribution in [3.8, 4) is 22.9 Å². The lowest BCUT2D eigenvalue weighted by molar-refractivity contribution is 0.0951. The van der Waals surface area contributed by atoms with Crippen molar-refractivity contribution in [3.05, 3.63) is 96.2 Å². The van der Waals surface area contributed by atoms with Gasteiger partial charge < -0.3 is 14.2 Å². The van der Waals surface area contributed by atoms with Crippen molar-refractivity contribution in [2.24, 2.45) is 0 Å². The van der Waals surface area contributed by atoms with Gasteiger partial charge in [-0.05, 0) is 60.2 Å². The van der Waals surface area contributed by atoms with Crippen LogP contribution in [-0.2, 0) is 6.54 Å². The molecule has 0 bridgehead atoms. The van der Waals surface area contributed by atoms with Gasteiger partial charge in [0, 0.05) is 12.1 Å². The van der Waals surface area contributed by atoms with Crippen LogP contribution in [0.5, 0.6) is 0 Å². The van der Waals surface area contributed by atoms with Gasteiger partial charge in [-0.3, -0.25) is 4.79 Å². The summed E-state index contributed by atoms with van der Waals surface area (Å²) in [5.74, 6) is 0.479. The van der Waals surface area contributed by atoms with Crippen LogP contribution in [-0.4, -0.2) is 15.9 Å². The second kappa shape index (κ2) is 7.87. The zero-order valence-corrected chi connectivity index (χ0v) is 16.2. The quantitative estimate of drug-likeness (QED) is 0.427. The van der Waals surface area contributed by atoms with Gasteiger partial charge >= 0.3 is 0 Å². The summed E-state index contributed by atoms with van der Waals surface area (Å²) >= 11 is 0. The van der Waals surface area contributed by atoms with Gasteiger partial charge in [-0.1, -0.05) is 12.1 Å². The number of hydrogen-bond donors (Lipinski definition) is 1. The van der Waals surface area contributed by atoms with Crippen molar-refractivity contribution in [1.29, 1.82) is 0 Å². The zero-order valence-electron chi connectivity index (χ0n) is 16.2. The molecule has 152 valence electrons. The van der Waals surface area contributed by atoms with Crippen LogP contribution < -0.4 is 5.32 Å². The first-order valence-corrected chi connectivity index (χ1v) is 9.59. The van der Waals surface area contributed by atoms with Gasteiger partial charge in [-0.2, -0.15) is 0 Å². The molecule has 0 aliphatic rings. The molecule has 5 rings (SSSR count). The Kier molecular flexibility index (Phi) is 4.76. The van der Waals surface area contributed by atoms with Gasteiger partial charge in [0.1, 0.15) is 17.2 Å². The highest BCUT2D eigenvalue weighted by Gasteiger charge is 2.18. The van der Waals surface area contributed by atoms with E-state index in [0.29, 0.717) is 45.1 Å². The number of furan rings is 2. The van der Waals surface area contributed by atoms with Crippen molar-refractivity contribution in [2.45, 2.75) is 6.54 Å². The highest BCUT2D eigenvalue weighted by atomic mass is 19.1. The van der Waals surface area contributed by atoms with Crippen molar-refractivity contribution in [3.63, 3.8) is 0 Å². The summed E-state index contributed by atoms with van der Waals surface area (Å²) < 4.78 is 24.4. The molecule has 5 aromatic rings. The Bertz CT molecular complexity index is 1360. The minimum Gasteiger partial charge on any atom is -0.463 e. The van der Waals surface area contributed by atoms with Gasteiger partial charge in [0.2, 0.25) is 0 Å². The van der Waals surface area contributed by atoms with E-state index in [9.17, 15) is 9.18 Å². The number of hydrogen-bond acceptors (Lipinski definition) is 5. The van der Waals surface area contributed by atoms with Crippen LogP contribution in [0.2, 0.25) is 0 Å². The molecule has 31 heavy (non-hydrogen) atoms. The van der Waals surface area contributed by atoms with Gasteiger partial charge in [-0.25, -0.2) is 14.4 Å². The van der Waals surface area contributed by atoms with E-state index in [2.05, 4.69) is 10.3 Å². The highest BCUT2D eigenvalue weighted by molar-refractivity contribution is 5.97. The summed E-state index contributed by atoms with van der Waals surface area (Å²) in [7, 11) is 0. The van der Waals surface area contributed by atoms with Crippen LogP contribution in [0, 0.1) is 5.82 Å². The Hall–Kier alpha value is -4.26. The average Bonchev–Trinajstić information content (AvgIpc) is 3.51. The number of fused-ring (bicyclic) bond motifs is 1. The molecule has 0 saturated heterocycles. The topological polar surface area (TPSA) is 81.2 Å². The SMILES string of the molecule is O=C(NCc1cccc(F)c1)c1ccc2nc(-c3ccco3)c(-c3ccco3)nc2c1. The summed E-state index contributed by atoms with van der Waals surface area (Å²) in [5.41, 5.74) is 3.33. The minimum atomic E-state index is -0.342. The predicted octanol–water partition coefficient (Wildman–Crippen LogP) is 5.22. The zero-order chi connectivity index (χ0) is 21.2. The maximum absolute atomic E-state index is 13.3. The number of nitrogens with zero attached hydrogens (tertiary/aromatic N) is 2. The normalized spacial score (nSPS) is 11.0. The number of rotatable bonds is 5. The molecule has 3 aromatic heterocycles.